The molecule has 1 aromatic carbocycles. The normalized spacial score (nSPS) is 13.8. The summed E-state index contributed by atoms with van der Waals surface area (Å²) in [5.74, 6) is -0.488. The summed E-state index contributed by atoms with van der Waals surface area (Å²) in [5.41, 5.74) is 6.86. The average molecular weight is 281 g/mol. The van der Waals surface area contributed by atoms with Crippen LogP contribution in [0.3, 0.4) is 0 Å². The lowest BCUT2D eigenvalue weighted by atomic mass is 9.90. The van der Waals surface area contributed by atoms with Gasteiger partial charge in [0.25, 0.3) is 0 Å². The molecule has 2 unspecified atom stereocenters. The van der Waals surface area contributed by atoms with Crippen LogP contribution in [0.5, 0.6) is 5.75 Å². The number of nitrogen functional groups attached to an aromatic ring is 1. The fourth-order valence-corrected chi connectivity index (χ4v) is 2.18. The SMILES string of the molecule is CCOC(=O)C(OCC)C(CC)c1ccc(O)c(N)c1. The van der Waals surface area contributed by atoms with E-state index in [1.54, 1.807) is 19.1 Å². The van der Waals surface area contributed by atoms with E-state index in [4.69, 9.17) is 15.2 Å². The Labute approximate surface area is 119 Å². The number of esters is 1. The van der Waals surface area contributed by atoms with Crippen LogP contribution in [0.25, 0.3) is 0 Å². The van der Waals surface area contributed by atoms with Gasteiger partial charge >= 0.3 is 5.97 Å². The van der Waals surface area contributed by atoms with Crippen LogP contribution in [0, 0.1) is 0 Å². The van der Waals surface area contributed by atoms with Gasteiger partial charge in [0.1, 0.15) is 5.75 Å². The van der Waals surface area contributed by atoms with Gasteiger partial charge in [-0.3, -0.25) is 0 Å². The zero-order valence-electron chi connectivity index (χ0n) is 12.3. The first-order valence-electron chi connectivity index (χ1n) is 6.91. The van der Waals surface area contributed by atoms with Crippen molar-refractivity contribution in [3.63, 3.8) is 0 Å². The number of carbonyl (C=O) groups is 1. The Bertz CT molecular complexity index is 447. The number of carbonyl (C=O) groups excluding carboxylic acids is 1. The topological polar surface area (TPSA) is 81.8 Å². The van der Waals surface area contributed by atoms with Crippen molar-refractivity contribution in [2.75, 3.05) is 18.9 Å². The third kappa shape index (κ3) is 3.87. The highest BCUT2D eigenvalue weighted by atomic mass is 16.6. The molecule has 1 aromatic rings. The lowest BCUT2D eigenvalue weighted by Crippen LogP contribution is -2.33. The molecule has 3 N–H and O–H groups in total. The van der Waals surface area contributed by atoms with E-state index in [0.717, 1.165) is 5.56 Å². The van der Waals surface area contributed by atoms with Crippen molar-refractivity contribution >= 4 is 11.7 Å². The zero-order valence-corrected chi connectivity index (χ0v) is 12.3. The van der Waals surface area contributed by atoms with Gasteiger partial charge in [0.05, 0.1) is 12.3 Å². The number of phenols is 1. The molecule has 0 bridgehead atoms. The number of benzene rings is 1. The summed E-state index contributed by atoms with van der Waals surface area (Å²) in [4.78, 5) is 12.0. The molecule has 20 heavy (non-hydrogen) atoms. The Balaban J connectivity index is 3.05. The largest absolute Gasteiger partial charge is 0.506 e. The first kappa shape index (κ1) is 16.3. The Kier molecular flexibility index (Phi) is 6.31. The quantitative estimate of drug-likeness (QED) is 0.456. The fourth-order valence-electron chi connectivity index (χ4n) is 2.18. The minimum absolute atomic E-state index is 0.0349. The van der Waals surface area contributed by atoms with Gasteiger partial charge in [-0.15, -0.1) is 0 Å². The molecule has 0 heterocycles. The molecule has 0 amide bonds. The van der Waals surface area contributed by atoms with E-state index in [-0.39, 0.29) is 17.6 Å². The van der Waals surface area contributed by atoms with Gasteiger partial charge in [0, 0.05) is 12.5 Å². The molecule has 0 spiro atoms. The van der Waals surface area contributed by atoms with Crippen molar-refractivity contribution in [2.45, 2.75) is 39.2 Å². The van der Waals surface area contributed by atoms with Gasteiger partial charge in [-0.2, -0.15) is 0 Å². The fraction of sp³-hybridized carbons (Fsp3) is 0.533. The Morgan fingerprint density at radius 1 is 1.30 bits per heavy atom. The summed E-state index contributed by atoms with van der Waals surface area (Å²) in [6.07, 6.45) is 0.0436. The summed E-state index contributed by atoms with van der Waals surface area (Å²) in [6, 6.07) is 4.96. The molecule has 5 nitrogen and oxygen atoms in total. The van der Waals surface area contributed by atoms with Crippen LogP contribution in [0.4, 0.5) is 5.69 Å². The lowest BCUT2D eigenvalue weighted by molar-refractivity contribution is -0.158. The van der Waals surface area contributed by atoms with Crippen LogP contribution in [-0.2, 0) is 14.3 Å². The second-order valence-corrected chi connectivity index (χ2v) is 4.46. The van der Waals surface area contributed by atoms with Crippen LogP contribution in [0.1, 0.15) is 38.7 Å². The summed E-state index contributed by atoms with van der Waals surface area (Å²) >= 11 is 0. The summed E-state index contributed by atoms with van der Waals surface area (Å²) < 4.78 is 10.6. The highest BCUT2D eigenvalue weighted by Crippen LogP contribution is 2.31. The summed E-state index contributed by atoms with van der Waals surface area (Å²) in [5, 5.41) is 9.49. The van der Waals surface area contributed by atoms with Crippen LogP contribution < -0.4 is 5.73 Å². The van der Waals surface area contributed by atoms with Crippen molar-refractivity contribution in [1.82, 2.24) is 0 Å². The second-order valence-electron chi connectivity index (χ2n) is 4.46. The maximum atomic E-state index is 12.0. The number of phenolic OH excluding ortho intramolecular Hbond substituents is 1. The van der Waals surface area contributed by atoms with Crippen molar-refractivity contribution < 1.29 is 19.4 Å². The molecule has 0 aliphatic rings. The number of aromatic hydroxyl groups is 1. The van der Waals surface area contributed by atoms with Gasteiger partial charge in [0.2, 0.25) is 0 Å². The van der Waals surface area contributed by atoms with E-state index in [1.807, 2.05) is 13.8 Å². The van der Waals surface area contributed by atoms with Crippen molar-refractivity contribution in [3.05, 3.63) is 23.8 Å². The third-order valence-corrected chi connectivity index (χ3v) is 3.15. The maximum Gasteiger partial charge on any atom is 0.335 e. The molecule has 0 fully saturated rings. The van der Waals surface area contributed by atoms with Crippen LogP contribution >= 0.6 is 0 Å². The number of hydrogen-bond donors (Lipinski definition) is 2. The molecule has 0 radical (unpaired) electrons. The third-order valence-electron chi connectivity index (χ3n) is 3.15. The molecule has 0 aliphatic carbocycles. The molecule has 112 valence electrons. The first-order chi connectivity index (χ1) is 9.54. The van der Waals surface area contributed by atoms with Crippen LogP contribution in [0.15, 0.2) is 18.2 Å². The number of hydrogen-bond acceptors (Lipinski definition) is 5. The van der Waals surface area contributed by atoms with Gasteiger partial charge in [-0.05, 0) is 38.0 Å². The number of nitrogens with two attached hydrogens (primary N) is 1. The zero-order chi connectivity index (χ0) is 15.1. The van der Waals surface area contributed by atoms with Crippen LogP contribution in [0.2, 0.25) is 0 Å². The molecule has 5 heteroatoms. The number of anilines is 1. The second kappa shape index (κ2) is 7.75. The molecule has 0 saturated heterocycles. The van der Waals surface area contributed by atoms with E-state index in [1.165, 1.54) is 6.07 Å². The Morgan fingerprint density at radius 2 is 2.00 bits per heavy atom. The molecule has 2 atom stereocenters. The number of rotatable bonds is 7. The van der Waals surface area contributed by atoms with Gasteiger partial charge in [-0.1, -0.05) is 13.0 Å². The smallest absolute Gasteiger partial charge is 0.335 e. The monoisotopic (exact) mass is 281 g/mol. The predicted octanol–water partition coefficient (Wildman–Crippen LogP) is 2.44. The first-order valence-corrected chi connectivity index (χ1v) is 6.91. The molecule has 0 aliphatic heterocycles. The Morgan fingerprint density at radius 3 is 2.50 bits per heavy atom. The average Bonchev–Trinajstić information content (AvgIpc) is 2.42. The van der Waals surface area contributed by atoms with Crippen molar-refractivity contribution in [1.29, 1.82) is 0 Å². The van der Waals surface area contributed by atoms with E-state index < -0.39 is 6.10 Å². The lowest BCUT2D eigenvalue weighted by Gasteiger charge is -2.25. The molecular formula is C15H23NO4. The minimum Gasteiger partial charge on any atom is -0.506 e. The highest BCUT2D eigenvalue weighted by molar-refractivity contribution is 5.76. The summed E-state index contributed by atoms with van der Waals surface area (Å²) in [7, 11) is 0. The maximum absolute atomic E-state index is 12.0. The van der Waals surface area contributed by atoms with Gasteiger partial charge < -0.3 is 20.3 Å². The standard InChI is InChI=1S/C15H23NO4/c1-4-11(10-7-8-13(17)12(16)9-10)14(19-5-2)15(18)20-6-3/h7-9,11,14,17H,4-6,16H2,1-3H3. The highest BCUT2D eigenvalue weighted by Gasteiger charge is 2.30. The molecular weight excluding hydrogens is 258 g/mol. The molecule has 1 rings (SSSR count). The van der Waals surface area contributed by atoms with Gasteiger partial charge in [0.15, 0.2) is 6.10 Å². The van der Waals surface area contributed by atoms with Crippen molar-refractivity contribution in [2.24, 2.45) is 0 Å². The van der Waals surface area contributed by atoms with E-state index >= 15 is 0 Å². The summed E-state index contributed by atoms with van der Waals surface area (Å²) in [6.45, 7) is 6.31. The van der Waals surface area contributed by atoms with Crippen LogP contribution in [-0.4, -0.2) is 30.4 Å². The van der Waals surface area contributed by atoms with E-state index in [9.17, 15) is 9.90 Å². The predicted molar refractivity (Wildman–Crippen MR) is 77.6 cm³/mol. The molecule has 0 saturated carbocycles. The van der Waals surface area contributed by atoms with Gasteiger partial charge in [-0.25, -0.2) is 4.79 Å². The van der Waals surface area contributed by atoms with E-state index in [0.29, 0.717) is 25.3 Å². The minimum atomic E-state index is -0.658. The molecule has 0 aromatic heterocycles. The van der Waals surface area contributed by atoms with Crippen molar-refractivity contribution in [3.8, 4) is 5.75 Å². The van der Waals surface area contributed by atoms with E-state index in [2.05, 4.69) is 0 Å². The number of ether oxygens (including phenoxy) is 2. The Hall–Kier alpha value is -1.75.